The largest absolute Gasteiger partial charge is 0.492 e. The smallest absolute Gasteiger partial charge is 0.126 e. The third-order valence-electron chi connectivity index (χ3n) is 5.46. The number of hydrogen-bond acceptors (Lipinski definition) is 3. The first-order valence-corrected chi connectivity index (χ1v) is 10.4. The van der Waals surface area contributed by atoms with Crippen molar-refractivity contribution in [1.29, 1.82) is 0 Å². The second-order valence-corrected chi connectivity index (χ2v) is 7.41. The summed E-state index contributed by atoms with van der Waals surface area (Å²) in [5.41, 5.74) is 5.18. The standard InChI is InChI=1S/C25H29NO2/c1-3-8-21(9-4-1)20-23-12-7-13-24(22-10-5-2-6-11-22)25(23)28-19-16-26-14-17-27-18-15-26/h1-6,8-11,20H,7,12-19H2/b23-20+. The number of benzene rings is 2. The Morgan fingerprint density at radius 3 is 2.36 bits per heavy atom. The normalized spacial score (nSPS) is 19.8. The molecule has 0 aromatic heterocycles. The van der Waals surface area contributed by atoms with Crippen molar-refractivity contribution >= 4 is 11.6 Å². The first kappa shape index (κ1) is 19.0. The molecule has 0 amide bonds. The number of ether oxygens (including phenoxy) is 2. The van der Waals surface area contributed by atoms with Crippen LogP contribution in [-0.2, 0) is 9.47 Å². The molecule has 1 saturated heterocycles. The predicted octanol–water partition coefficient (Wildman–Crippen LogP) is 5.01. The molecule has 1 aliphatic heterocycles. The molecule has 146 valence electrons. The minimum absolute atomic E-state index is 0.720. The Labute approximate surface area is 168 Å². The molecular formula is C25H29NO2. The number of nitrogens with zero attached hydrogens (tertiary/aromatic N) is 1. The van der Waals surface area contributed by atoms with E-state index in [4.69, 9.17) is 9.47 Å². The summed E-state index contributed by atoms with van der Waals surface area (Å²) < 4.78 is 11.9. The zero-order valence-corrected chi connectivity index (χ0v) is 16.5. The number of hydrogen-bond donors (Lipinski definition) is 0. The Morgan fingerprint density at radius 2 is 1.61 bits per heavy atom. The van der Waals surface area contributed by atoms with Gasteiger partial charge in [0.05, 0.1) is 13.2 Å². The highest BCUT2D eigenvalue weighted by Gasteiger charge is 2.21. The SMILES string of the molecule is C(=C1/CCCC(c2ccccc2)=C1OCCN1CCOCC1)/c1ccccc1. The molecule has 1 heterocycles. The number of rotatable bonds is 6. The van der Waals surface area contributed by atoms with Crippen LogP contribution < -0.4 is 0 Å². The quantitative estimate of drug-likeness (QED) is 0.708. The lowest BCUT2D eigenvalue weighted by Gasteiger charge is -2.28. The minimum Gasteiger partial charge on any atom is -0.492 e. The van der Waals surface area contributed by atoms with Crippen LogP contribution in [0.4, 0.5) is 0 Å². The van der Waals surface area contributed by atoms with Gasteiger partial charge in [0.25, 0.3) is 0 Å². The highest BCUT2D eigenvalue weighted by atomic mass is 16.5. The molecule has 0 saturated carbocycles. The van der Waals surface area contributed by atoms with E-state index in [2.05, 4.69) is 71.6 Å². The summed E-state index contributed by atoms with van der Waals surface area (Å²) in [5.74, 6) is 1.09. The molecule has 0 N–H and O–H groups in total. The Bertz CT molecular complexity index is 805. The highest BCUT2D eigenvalue weighted by Crippen LogP contribution is 2.37. The summed E-state index contributed by atoms with van der Waals surface area (Å²) in [4.78, 5) is 2.43. The van der Waals surface area contributed by atoms with Crippen LogP contribution in [0.1, 0.15) is 30.4 Å². The van der Waals surface area contributed by atoms with Gasteiger partial charge in [0.15, 0.2) is 0 Å². The van der Waals surface area contributed by atoms with Crippen molar-refractivity contribution in [3.63, 3.8) is 0 Å². The lowest BCUT2D eigenvalue weighted by Crippen LogP contribution is -2.38. The maximum atomic E-state index is 6.47. The molecule has 28 heavy (non-hydrogen) atoms. The topological polar surface area (TPSA) is 21.7 Å². The molecule has 2 aromatic rings. The van der Waals surface area contributed by atoms with Gasteiger partial charge in [0.1, 0.15) is 12.4 Å². The fraction of sp³-hybridized carbons (Fsp3) is 0.360. The monoisotopic (exact) mass is 375 g/mol. The first-order valence-electron chi connectivity index (χ1n) is 10.4. The van der Waals surface area contributed by atoms with Crippen molar-refractivity contribution in [2.45, 2.75) is 19.3 Å². The molecule has 0 bridgehead atoms. The van der Waals surface area contributed by atoms with E-state index in [9.17, 15) is 0 Å². The Hall–Kier alpha value is -2.36. The van der Waals surface area contributed by atoms with E-state index in [1.807, 2.05) is 0 Å². The lowest BCUT2D eigenvalue weighted by atomic mass is 9.88. The molecular weight excluding hydrogens is 346 g/mol. The fourth-order valence-electron chi connectivity index (χ4n) is 3.96. The van der Waals surface area contributed by atoms with Crippen LogP contribution in [0.2, 0.25) is 0 Å². The number of allylic oxidation sites excluding steroid dienone is 2. The second kappa shape index (κ2) is 9.72. The van der Waals surface area contributed by atoms with E-state index in [1.54, 1.807) is 0 Å². The van der Waals surface area contributed by atoms with Gasteiger partial charge in [-0.05, 0) is 42.0 Å². The summed E-state index contributed by atoms with van der Waals surface area (Å²) in [6, 6.07) is 21.3. The molecule has 2 aliphatic rings. The third-order valence-corrected chi connectivity index (χ3v) is 5.46. The van der Waals surface area contributed by atoms with Gasteiger partial charge in [-0.25, -0.2) is 0 Å². The van der Waals surface area contributed by atoms with Gasteiger partial charge in [-0.3, -0.25) is 4.90 Å². The minimum atomic E-state index is 0.720. The molecule has 0 atom stereocenters. The Balaban J connectivity index is 1.58. The van der Waals surface area contributed by atoms with Crippen molar-refractivity contribution in [1.82, 2.24) is 4.90 Å². The van der Waals surface area contributed by atoms with Crippen molar-refractivity contribution in [2.75, 3.05) is 39.5 Å². The average Bonchev–Trinajstić information content (AvgIpc) is 2.77. The molecule has 0 spiro atoms. The summed E-state index contributed by atoms with van der Waals surface area (Å²) in [6.07, 6.45) is 5.60. The zero-order valence-electron chi connectivity index (χ0n) is 16.5. The molecule has 4 rings (SSSR count). The van der Waals surface area contributed by atoms with Crippen LogP contribution in [0.5, 0.6) is 0 Å². The molecule has 3 heteroatoms. The molecule has 2 aromatic carbocycles. The number of morpholine rings is 1. The van der Waals surface area contributed by atoms with Gasteiger partial charge in [0.2, 0.25) is 0 Å². The van der Waals surface area contributed by atoms with Crippen LogP contribution in [0, 0.1) is 0 Å². The van der Waals surface area contributed by atoms with Crippen LogP contribution >= 0.6 is 0 Å². The highest BCUT2D eigenvalue weighted by molar-refractivity contribution is 5.75. The second-order valence-electron chi connectivity index (χ2n) is 7.41. The summed E-state index contributed by atoms with van der Waals surface area (Å²) >= 11 is 0. The summed E-state index contributed by atoms with van der Waals surface area (Å²) in [5, 5.41) is 0. The fourth-order valence-corrected chi connectivity index (χ4v) is 3.96. The zero-order chi connectivity index (χ0) is 19.0. The van der Waals surface area contributed by atoms with E-state index in [-0.39, 0.29) is 0 Å². The average molecular weight is 376 g/mol. The van der Waals surface area contributed by atoms with Crippen molar-refractivity contribution in [2.24, 2.45) is 0 Å². The van der Waals surface area contributed by atoms with Crippen molar-refractivity contribution in [3.8, 4) is 0 Å². The van der Waals surface area contributed by atoms with Gasteiger partial charge < -0.3 is 9.47 Å². The van der Waals surface area contributed by atoms with Crippen LogP contribution in [0.3, 0.4) is 0 Å². The van der Waals surface area contributed by atoms with E-state index in [0.717, 1.165) is 58.1 Å². The molecule has 0 unspecified atom stereocenters. The predicted molar refractivity (Wildman–Crippen MR) is 115 cm³/mol. The lowest BCUT2D eigenvalue weighted by molar-refractivity contribution is 0.0279. The third kappa shape index (κ3) is 4.92. The molecule has 1 aliphatic carbocycles. The van der Waals surface area contributed by atoms with Crippen molar-refractivity contribution in [3.05, 3.63) is 83.1 Å². The van der Waals surface area contributed by atoms with E-state index >= 15 is 0 Å². The van der Waals surface area contributed by atoms with Gasteiger partial charge in [-0.15, -0.1) is 0 Å². The van der Waals surface area contributed by atoms with E-state index < -0.39 is 0 Å². The molecule has 0 radical (unpaired) electrons. The van der Waals surface area contributed by atoms with Crippen LogP contribution in [0.15, 0.2) is 72.0 Å². The van der Waals surface area contributed by atoms with Gasteiger partial charge in [0, 0.05) is 25.2 Å². The maximum absolute atomic E-state index is 6.47. The van der Waals surface area contributed by atoms with Crippen LogP contribution in [0.25, 0.3) is 11.6 Å². The van der Waals surface area contributed by atoms with Crippen LogP contribution in [-0.4, -0.2) is 44.4 Å². The Kier molecular flexibility index (Phi) is 6.59. The van der Waals surface area contributed by atoms with E-state index in [0.29, 0.717) is 0 Å². The van der Waals surface area contributed by atoms with Crippen molar-refractivity contribution < 1.29 is 9.47 Å². The first-order chi connectivity index (χ1) is 13.9. The van der Waals surface area contributed by atoms with E-state index in [1.165, 1.54) is 28.7 Å². The molecule has 3 nitrogen and oxygen atoms in total. The Morgan fingerprint density at radius 1 is 0.893 bits per heavy atom. The maximum Gasteiger partial charge on any atom is 0.126 e. The molecule has 1 fully saturated rings. The summed E-state index contributed by atoms with van der Waals surface area (Å²) in [6.45, 7) is 5.33. The van der Waals surface area contributed by atoms with Gasteiger partial charge >= 0.3 is 0 Å². The van der Waals surface area contributed by atoms with Gasteiger partial charge in [-0.2, -0.15) is 0 Å². The summed E-state index contributed by atoms with van der Waals surface area (Å²) in [7, 11) is 0. The van der Waals surface area contributed by atoms with Gasteiger partial charge in [-0.1, -0.05) is 60.7 Å².